The monoisotopic (exact) mass is 202 g/mol. The number of nitrogens with two attached hydrogens (primary N) is 1. The third-order valence-corrected chi connectivity index (χ3v) is 1.55. The molecular formula is C8H11ClN2O2. The molecule has 1 rings (SSSR count). The van der Waals surface area contributed by atoms with Gasteiger partial charge in [0, 0.05) is 0 Å². The van der Waals surface area contributed by atoms with E-state index >= 15 is 0 Å². The molecule has 0 unspecified atom stereocenters. The van der Waals surface area contributed by atoms with Gasteiger partial charge in [-0.05, 0) is 5.56 Å². The molecular weight excluding hydrogens is 192 g/mol. The molecule has 0 fully saturated rings. The fourth-order valence-corrected chi connectivity index (χ4v) is 0.881. The predicted octanol–water partition coefficient (Wildman–Crippen LogP) is 0.614. The summed E-state index contributed by atoms with van der Waals surface area (Å²) in [6.07, 6.45) is 0. The fraction of sp³-hybridized carbons (Fsp3) is 0.125. The molecule has 4 nitrogen and oxygen atoms in total. The third-order valence-electron chi connectivity index (χ3n) is 1.55. The lowest BCUT2D eigenvalue weighted by atomic mass is 10.1. The normalized spacial score (nSPS) is 11.2. The lowest BCUT2D eigenvalue weighted by Crippen LogP contribution is -2.31. The highest BCUT2D eigenvalue weighted by atomic mass is 35.5. The quantitative estimate of drug-likeness (QED) is 0.486. The van der Waals surface area contributed by atoms with Gasteiger partial charge >= 0.3 is 0 Å². The maximum Gasteiger partial charge on any atom is 0.264 e. The first-order valence-corrected chi connectivity index (χ1v) is 3.50. The Morgan fingerprint density at radius 1 is 1.38 bits per heavy atom. The average molecular weight is 203 g/mol. The van der Waals surface area contributed by atoms with E-state index in [4.69, 9.17) is 10.9 Å². The molecule has 0 saturated heterocycles. The van der Waals surface area contributed by atoms with Gasteiger partial charge in [-0.1, -0.05) is 30.3 Å². The van der Waals surface area contributed by atoms with E-state index in [-0.39, 0.29) is 12.4 Å². The summed E-state index contributed by atoms with van der Waals surface area (Å²) in [7, 11) is 0. The van der Waals surface area contributed by atoms with Crippen LogP contribution < -0.4 is 11.2 Å². The van der Waals surface area contributed by atoms with Gasteiger partial charge in [0.25, 0.3) is 5.91 Å². The van der Waals surface area contributed by atoms with Gasteiger partial charge in [-0.2, -0.15) is 0 Å². The standard InChI is InChI=1S/C8H10N2O2.ClH/c9-7(8(11)10-12)6-4-2-1-3-5-6;/h1-5,7,12H,9H2,(H,10,11);1H/t7-;/m0./s1. The maximum absolute atomic E-state index is 10.8. The molecule has 1 aromatic rings. The van der Waals surface area contributed by atoms with Gasteiger partial charge in [0.05, 0.1) is 0 Å². The molecule has 0 spiro atoms. The highest BCUT2D eigenvalue weighted by molar-refractivity contribution is 5.85. The number of amides is 1. The van der Waals surface area contributed by atoms with Crippen molar-refractivity contribution < 1.29 is 10.0 Å². The first-order chi connectivity index (χ1) is 5.75. The number of carbonyl (C=O) groups excluding carboxylic acids is 1. The fourth-order valence-electron chi connectivity index (χ4n) is 0.881. The molecule has 0 saturated carbocycles. The molecule has 1 amide bonds. The highest BCUT2D eigenvalue weighted by Crippen LogP contribution is 2.08. The second-order valence-electron chi connectivity index (χ2n) is 2.36. The van der Waals surface area contributed by atoms with Crippen molar-refractivity contribution in [3.05, 3.63) is 35.9 Å². The summed E-state index contributed by atoms with van der Waals surface area (Å²) in [5.41, 5.74) is 7.65. The minimum Gasteiger partial charge on any atom is -0.316 e. The molecule has 0 heterocycles. The van der Waals surface area contributed by atoms with E-state index in [1.54, 1.807) is 24.3 Å². The molecule has 13 heavy (non-hydrogen) atoms. The van der Waals surface area contributed by atoms with Crippen LogP contribution in [0.5, 0.6) is 0 Å². The molecule has 0 aliphatic heterocycles. The Morgan fingerprint density at radius 2 is 1.92 bits per heavy atom. The van der Waals surface area contributed by atoms with Crippen molar-refractivity contribution in [2.45, 2.75) is 6.04 Å². The van der Waals surface area contributed by atoms with Crippen LogP contribution in [0.15, 0.2) is 30.3 Å². The van der Waals surface area contributed by atoms with Crippen LogP contribution in [0.25, 0.3) is 0 Å². The topological polar surface area (TPSA) is 75.4 Å². The molecule has 0 bridgehead atoms. The van der Waals surface area contributed by atoms with Gasteiger partial charge in [0.1, 0.15) is 6.04 Å². The summed E-state index contributed by atoms with van der Waals surface area (Å²) in [5, 5.41) is 8.29. The number of benzene rings is 1. The van der Waals surface area contributed by atoms with Crippen LogP contribution >= 0.6 is 12.4 Å². The van der Waals surface area contributed by atoms with Crippen LogP contribution in [0.1, 0.15) is 11.6 Å². The number of rotatable bonds is 2. The smallest absolute Gasteiger partial charge is 0.264 e. The Labute approximate surface area is 82.1 Å². The number of hydrogen-bond donors (Lipinski definition) is 3. The zero-order valence-electron chi connectivity index (χ0n) is 6.81. The van der Waals surface area contributed by atoms with Gasteiger partial charge < -0.3 is 5.73 Å². The lowest BCUT2D eigenvalue weighted by molar-refractivity contribution is -0.130. The number of carbonyl (C=O) groups is 1. The summed E-state index contributed by atoms with van der Waals surface area (Å²) in [6, 6.07) is 8.02. The minimum absolute atomic E-state index is 0. The Balaban J connectivity index is 0.00000144. The van der Waals surface area contributed by atoms with Crippen molar-refractivity contribution in [1.82, 2.24) is 5.48 Å². The van der Waals surface area contributed by atoms with Crippen molar-refractivity contribution in [3.63, 3.8) is 0 Å². The van der Waals surface area contributed by atoms with E-state index in [2.05, 4.69) is 0 Å². The second kappa shape index (κ2) is 5.53. The van der Waals surface area contributed by atoms with E-state index in [9.17, 15) is 4.79 Å². The molecule has 1 atom stereocenters. The van der Waals surface area contributed by atoms with E-state index in [1.165, 1.54) is 5.48 Å². The first-order valence-electron chi connectivity index (χ1n) is 3.50. The SMILES string of the molecule is Cl.N[C@H](C(=O)NO)c1ccccc1. The molecule has 0 aliphatic carbocycles. The van der Waals surface area contributed by atoms with Gasteiger partial charge in [-0.15, -0.1) is 12.4 Å². The molecule has 1 aromatic carbocycles. The van der Waals surface area contributed by atoms with Gasteiger partial charge in [0.15, 0.2) is 0 Å². The largest absolute Gasteiger partial charge is 0.316 e. The maximum atomic E-state index is 10.8. The predicted molar refractivity (Wildman–Crippen MR) is 50.5 cm³/mol. The van der Waals surface area contributed by atoms with Crippen molar-refractivity contribution in [2.24, 2.45) is 5.73 Å². The zero-order chi connectivity index (χ0) is 8.97. The summed E-state index contributed by atoms with van der Waals surface area (Å²) in [5.74, 6) is -0.610. The summed E-state index contributed by atoms with van der Waals surface area (Å²) in [4.78, 5) is 10.8. The summed E-state index contributed by atoms with van der Waals surface area (Å²) < 4.78 is 0. The molecule has 0 radical (unpaired) electrons. The first kappa shape index (κ1) is 11.9. The van der Waals surface area contributed by atoms with Crippen molar-refractivity contribution >= 4 is 18.3 Å². The van der Waals surface area contributed by atoms with Crippen molar-refractivity contribution in [1.29, 1.82) is 0 Å². The highest BCUT2D eigenvalue weighted by Gasteiger charge is 2.13. The lowest BCUT2D eigenvalue weighted by Gasteiger charge is -2.08. The molecule has 72 valence electrons. The molecule has 5 heteroatoms. The van der Waals surface area contributed by atoms with Gasteiger partial charge in [0.2, 0.25) is 0 Å². The number of hydrogen-bond acceptors (Lipinski definition) is 3. The van der Waals surface area contributed by atoms with Crippen LogP contribution in [0.3, 0.4) is 0 Å². The average Bonchev–Trinajstić information content (AvgIpc) is 2.17. The van der Waals surface area contributed by atoms with Crippen LogP contribution in [-0.2, 0) is 4.79 Å². The molecule has 0 aliphatic rings. The van der Waals surface area contributed by atoms with Gasteiger partial charge in [-0.3, -0.25) is 10.0 Å². The number of nitrogens with one attached hydrogen (secondary N) is 1. The Kier molecular flexibility index (Phi) is 5.06. The number of halogens is 1. The van der Waals surface area contributed by atoms with Crippen LogP contribution in [0.2, 0.25) is 0 Å². The van der Waals surface area contributed by atoms with Crippen LogP contribution in [0, 0.1) is 0 Å². The Bertz CT molecular complexity index is 266. The van der Waals surface area contributed by atoms with E-state index in [0.29, 0.717) is 5.56 Å². The second-order valence-corrected chi connectivity index (χ2v) is 2.36. The minimum atomic E-state index is -0.809. The summed E-state index contributed by atoms with van der Waals surface area (Å²) in [6.45, 7) is 0. The Hall–Kier alpha value is -1.10. The van der Waals surface area contributed by atoms with Crippen molar-refractivity contribution in [3.8, 4) is 0 Å². The molecule has 4 N–H and O–H groups in total. The van der Waals surface area contributed by atoms with Crippen molar-refractivity contribution in [2.75, 3.05) is 0 Å². The van der Waals surface area contributed by atoms with E-state index in [1.807, 2.05) is 6.07 Å². The van der Waals surface area contributed by atoms with Gasteiger partial charge in [-0.25, -0.2) is 5.48 Å². The number of hydroxylamine groups is 1. The van der Waals surface area contributed by atoms with E-state index < -0.39 is 11.9 Å². The van der Waals surface area contributed by atoms with Crippen LogP contribution in [-0.4, -0.2) is 11.1 Å². The van der Waals surface area contributed by atoms with E-state index in [0.717, 1.165) is 0 Å². The molecule has 0 aromatic heterocycles. The summed E-state index contributed by atoms with van der Waals surface area (Å²) >= 11 is 0. The Morgan fingerprint density at radius 3 is 2.38 bits per heavy atom. The zero-order valence-corrected chi connectivity index (χ0v) is 7.62. The third kappa shape index (κ3) is 3.02. The van der Waals surface area contributed by atoms with Crippen LogP contribution in [0.4, 0.5) is 0 Å².